The van der Waals surface area contributed by atoms with E-state index in [2.05, 4.69) is 5.32 Å². The van der Waals surface area contributed by atoms with Gasteiger partial charge in [-0.05, 0) is 25.5 Å². The lowest BCUT2D eigenvalue weighted by Crippen LogP contribution is -2.33. The normalized spacial score (nSPS) is 11.6. The van der Waals surface area contributed by atoms with E-state index < -0.39 is 10.8 Å². The number of nitrogens with zero attached hydrogens (tertiary/aromatic N) is 1. The summed E-state index contributed by atoms with van der Waals surface area (Å²) in [6.45, 7) is 1.76. The Bertz CT molecular complexity index is 484. The third-order valence-corrected chi connectivity index (χ3v) is 2.54. The van der Waals surface area contributed by atoms with Gasteiger partial charge in [-0.25, -0.2) is 0 Å². The van der Waals surface area contributed by atoms with Gasteiger partial charge in [0.05, 0.1) is 4.92 Å². The fourth-order valence-electron chi connectivity index (χ4n) is 1.47. The molecule has 0 radical (unpaired) electrons. The van der Waals surface area contributed by atoms with Gasteiger partial charge in [0.25, 0.3) is 11.6 Å². The molecule has 7 heteroatoms. The molecule has 0 bridgehead atoms. The number of nitrogens with two attached hydrogens (primary N) is 1. The van der Waals surface area contributed by atoms with Gasteiger partial charge >= 0.3 is 0 Å². The highest BCUT2D eigenvalue weighted by atomic mass is 16.6. The van der Waals surface area contributed by atoms with Crippen LogP contribution in [0.25, 0.3) is 0 Å². The lowest BCUT2D eigenvalue weighted by molar-refractivity contribution is -0.384. The van der Waals surface area contributed by atoms with Crippen molar-refractivity contribution in [2.45, 2.75) is 25.8 Å². The number of amides is 2. The van der Waals surface area contributed by atoms with Crippen LogP contribution in [0.1, 0.15) is 30.1 Å². The molecular formula is C12H15N3O4. The van der Waals surface area contributed by atoms with E-state index in [1.165, 1.54) is 24.3 Å². The second-order valence-electron chi connectivity index (χ2n) is 4.18. The maximum atomic E-state index is 11.8. The number of non-ortho nitro benzene ring substituents is 1. The quantitative estimate of drug-likeness (QED) is 0.589. The number of primary amides is 1. The van der Waals surface area contributed by atoms with Crippen LogP contribution < -0.4 is 11.1 Å². The standard InChI is InChI=1S/C12H15N3O4/c1-8(2-7-11(13)16)14-12(17)9-3-5-10(6-4-9)15(18)19/h3-6,8H,2,7H2,1H3,(H2,13,16)(H,14,17). The van der Waals surface area contributed by atoms with Gasteiger partial charge in [-0.15, -0.1) is 0 Å². The Hall–Kier alpha value is -2.44. The molecular weight excluding hydrogens is 250 g/mol. The molecule has 19 heavy (non-hydrogen) atoms. The maximum absolute atomic E-state index is 11.8. The van der Waals surface area contributed by atoms with Crippen molar-refractivity contribution >= 4 is 17.5 Å². The molecule has 1 rings (SSSR count). The first kappa shape index (κ1) is 14.6. The Morgan fingerprint density at radius 2 is 1.95 bits per heavy atom. The monoisotopic (exact) mass is 265 g/mol. The van der Waals surface area contributed by atoms with E-state index in [1.807, 2.05) is 0 Å². The zero-order valence-electron chi connectivity index (χ0n) is 10.5. The van der Waals surface area contributed by atoms with Crippen molar-refractivity contribution in [1.82, 2.24) is 5.32 Å². The van der Waals surface area contributed by atoms with Gasteiger partial charge in [0.15, 0.2) is 0 Å². The predicted molar refractivity (Wildman–Crippen MR) is 68.5 cm³/mol. The molecule has 102 valence electrons. The fourth-order valence-corrected chi connectivity index (χ4v) is 1.47. The lowest BCUT2D eigenvalue weighted by Gasteiger charge is -2.12. The minimum absolute atomic E-state index is 0.0710. The summed E-state index contributed by atoms with van der Waals surface area (Å²) in [7, 11) is 0. The summed E-state index contributed by atoms with van der Waals surface area (Å²) in [4.78, 5) is 32.3. The highest BCUT2D eigenvalue weighted by Crippen LogP contribution is 2.12. The molecule has 0 fully saturated rings. The van der Waals surface area contributed by atoms with Crippen LogP contribution >= 0.6 is 0 Å². The molecule has 0 aliphatic rings. The van der Waals surface area contributed by atoms with Gasteiger partial charge in [0.2, 0.25) is 5.91 Å². The molecule has 3 N–H and O–H groups in total. The van der Waals surface area contributed by atoms with Crippen LogP contribution in [0.3, 0.4) is 0 Å². The molecule has 1 unspecified atom stereocenters. The first-order valence-corrected chi connectivity index (χ1v) is 5.73. The Balaban J connectivity index is 2.58. The Morgan fingerprint density at radius 3 is 2.42 bits per heavy atom. The fraction of sp³-hybridized carbons (Fsp3) is 0.333. The van der Waals surface area contributed by atoms with Gasteiger partial charge < -0.3 is 11.1 Å². The van der Waals surface area contributed by atoms with Gasteiger partial charge in [-0.3, -0.25) is 19.7 Å². The number of nitrogens with one attached hydrogen (secondary N) is 1. The summed E-state index contributed by atoms with van der Waals surface area (Å²) < 4.78 is 0. The van der Waals surface area contributed by atoms with Crippen LogP contribution in [0.4, 0.5) is 5.69 Å². The van der Waals surface area contributed by atoms with Crippen LogP contribution in [0, 0.1) is 10.1 Å². The molecule has 0 aliphatic heterocycles. The summed E-state index contributed by atoms with van der Waals surface area (Å²) in [5.74, 6) is -0.761. The number of rotatable bonds is 6. The van der Waals surface area contributed by atoms with E-state index >= 15 is 0 Å². The number of carbonyl (C=O) groups excluding carboxylic acids is 2. The van der Waals surface area contributed by atoms with E-state index in [0.29, 0.717) is 12.0 Å². The van der Waals surface area contributed by atoms with Crippen molar-refractivity contribution in [2.75, 3.05) is 0 Å². The number of benzene rings is 1. The molecule has 1 aromatic carbocycles. The second-order valence-corrected chi connectivity index (χ2v) is 4.18. The smallest absolute Gasteiger partial charge is 0.269 e. The Labute approximate surface area is 109 Å². The largest absolute Gasteiger partial charge is 0.370 e. The summed E-state index contributed by atoms with van der Waals surface area (Å²) >= 11 is 0. The number of hydrogen-bond acceptors (Lipinski definition) is 4. The minimum Gasteiger partial charge on any atom is -0.370 e. The molecule has 0 aliphatic carbocycles. The van der Waals surface area contributed by atoms with Gasteiger partial charge in [-0.1, -0.05) is 0 Å². The Kier molecular flexibility index (Phi) is 4.99. The minimum atomic E-state index is -0.531. The van der Waals surface area contributed by atoms with Crippen molar-refractivity contribution in [3.05, 3.63) is 39.9 Å². The van der Waals surface area contributed by atoms with Crippen molar-refractivity contribution < 1.29 is 14.5 Å². The molecule has 0 heterocycles. The van der Waals surface area contributed by atoms with Gasteiger partial charge in [0, 0.05) is 30.2 Å². The molecule has 0 aromatic heterocycles. The SMILES string of the molecule is CC(CCC(N)=O)NC(=O)c1ccc([N+](=O)[O-])cc1. The van der Waals surface area contributed by atoms with E-state index in [4.69, 9.17) is 5.73 Å². The lowest BCUT2D eigenvalue weighted by atomic mass is 10.1. The van der Waals surface area contributed by atoms with Crippen molar-refractivity contribution in [3.8, 4) is 0 Å². The third-order valence-electron chi connectivity index (χ3n) is 2.54. The Morgan fingerprint density at radius 1 is 1.37 bits per heavy atom. The molecule has 1 atom stereocenters. The molecule has 0 saturated heterocycles. The number of nitro groups is 1. The van der Waals surface area contributed by atoms with Crippen LogP contribution in [-0.2, 0) is 4.79 Å². The van der Waals surface area contributed by atoms with Gasteiger partial charge in [0.1, 0.15) is 0 Å². The van der Waals surface area contributed by atoms with Crippen molar-refractivity contribution in [1.29, 1.82) is 0 Å². The van der Waals surface area contributed by atoms with Crippen LogP contribution in [0.2, 0.25) is 0 Å². The van der Waals surface area contributed by atoms with E-state index in [1.54, 1.807) is 6.92 Å². The molecule has 2 amide bonds. The highest BCUT2D eigenvalue weighted by molar-refractivity contribution is 5.94. The summed E-state index contributed by atoms with van der Waals surface area (Å²) in [5.41, 5.74) is 5.27. The highest BCUT2D eigenvalue weighted by Gasteiger charge is 2.12. The van der Waals surface area contributed by atoms with Gasteiger partial charge in [-0.2, -0.15) is 0 Å². The molecule has 0 saturated carbocycles. The zero-order valence-corrected chi connectivity index (χ0v) is 10.5. The third kappa shape index (κ3) is 4.74. The first-order chi connectivity index (χ1) is 8.90. The zero-order chi connectivity index (χ0) is 14.4. The van der Waals surface area contributed by atoms with Crippen LogP contribution in [0.5, 0.6) is 0 Å². The topological polar surface area (TPSA) is 115 Å². The average molecular weight is 265 g/mol. The molecule has 7 nitrogen and oxygen atoms in total. The summed E-state index contributed by atoms with van der Waals surface area (Å²) in [5, 5.41) is 13.2. The first-order valence-electron chi connectivity index (χ1n) is 5.73. The van der Waals surface area contributed by atoms with E-state index in [0.717, 1.165) is 0 Å². The van der Waals surface area contributed by atoms with Crippen LogP contribution in [-0.4, -0.2) is 22.8 Å². The van der Waals surface area contributed by atoms with Crippen molar-refractivity contribution in [2.24, 2.45) is 5.73 Å². The van der Waals surface area contributed by atoms with E-state index in [9.17, 15) is 19.7 Å². The summed E-state index contributed by atoms with van der Waals surface area (Å²) in [6.07, 6.45) is 0.649. The van der Waals surface area contributed by atoms with Crippen molar-refractivity contribution in [3.63, 3.8) is 0 Å². The molecule has 1 aromatic rings. The predicted octanol–water partition coefficient (Wildman–Crippen LogP) is 0.979. The van der Waals surface area contributed by atoms with Crippen LogP contribution in [0.15, 0.2) is 24.3 Å². The average Bonchev–Trinajstić information content (AvgIpc) is 2.36. The molecule has 0 spiro atoms. The maximum Gasteiger partial charge on any atom is 0.269 e. The summed E-state index contributed by atoms with van der Waals surface area (Å²) in [6, 6.07) is 5.10. The number of nitro benzene ring substituents is 1. The number of hydrogen-bond donors (Lipinski definition) is 2. The number of carbonyl (C=O) groups is 2. The van der Waals surface area contributed by atoms with E-state index in [-0.39, 0.29) is 24.1 Å². The second kappa shape index (κ2) is 6.48.